The minimum absolute atomic E-state index is 0.137. The highest BCUT2D eigenvalue weighted by Crippen LogP contribution is 2.27. The van der Waals surface area contributed by atoms with Crippen LogP contribution in [0.4, 0.5) is 4.39 Å². The molecule has 1 aliphatic rings. The third-order valence-electron chi connectivity index (χ3n) is 5.59. The van der Waals surface area contributed by atoms with Gasteiger partial charge in [0, 0.05) is 42.6 Å². The van der Waals surface area contributed by atoms with Gasteiger partial charge in [-0.1, -0.05) is 29.8 Å². The summed E-state index contributed by atoms with van der Waals surface area (Å²) in [5.74, 6) is 0.871. The topological polar surface area (TPSA) is 58.2 Å². The van der Waals surface area contributed by atoms with E-state index >= 15 is 0 Å². The Hall–Kier alpha value is -2.86. The maximum atomic E-state index is 13.0. The van der Waals surface area contributed by atoms with Gasteiger partial charge in [-0.3, -0.25) is 9.89 Å². The smallest absolute Gasteiger partial charge is 0.222 e. The van der Waals surface area contributed by atoms with Crippen LogP contribution < -0.4 is 4.74 Å². The average Bonchev–Trinajstić information content (AvgIpc) is 3.43. The Morgan fingerprint density at radius 3 is 2.84 bits per heavy atom. The van der Waals surface area contributed by atoms with Crippen molar-refractivity contribution in [2.45, 2.75) is 31.6 Å². The largest absolute Gasteiger partial charge is 0.493 e. The van der Waals surface area contributed by atoms with Crippen LogP contribution in [0.25, 0.3) is 0 Å². The fourth-order valence-corrected chi connectivity index (χ4v) is 4.02. The van der Waals surface area contributed by atoms with E-state index in [2.05, 4.69) is 16.3 Å². The second kappa shape index (κ2) is 9.96. The highest BCUT2D eigenvalue weighted by Gasteiger charge is 2.28. The van der Waals surface area contributed by atoms with Crippen LogP contribution in [0.2, 0.25) is 5.02 Å². The summed E-state index contributed by atoms with van der Waals surface area (Å²) in [5, 5.41) is 8.20. The van der Waals surface area contributed by atoms with Crippen molar-refractivity contribution in [2.75, 3.05) is 19.7 Å². The van der Waals surface area contributed by atoms with E-state index in [1.54, 1.807) is 18.2 Å². The Balaban J connectivity index is 1.23. The molecule has 3 aromatic rings. The Morgan fingerprint density at radius 2 is 2.03 bits per heavy atom. The first-order chi connectivity index (χ1) is 15.1. The van der Waals surface area contributed by atoms with E-state index in [9.17, 15) is 9.18 Å². The molecule has 1 fully saturated rings. The van der Waals surface area contributed by atoms with E-state index in [0.717, 1.165) is 35.7 Å². The zero-order valence-corrected chi connectivity index (χ0v) is 17.9. The predicted molar refractivity (Wildman–Crippen MR) is 118 cm³/mol. The van der Waals surface area contributed by atoms with Crippen molar-refractivity contribution >= 4 is 17.5 Å². The lowest BCUT2D eigenvalue weighted by atomic mass is 10.0. The van der Waals surface area contributed by atoms with Crippen LogP contribution in [0.5, 0.6) is 5.75 Å². The van der Waals surface area contributed by atoms with Gasteiger partial charge in [0.2, 0.25) is 5.91 Å². The van der Waals surface area contributed by atoms with E-state index in [-0.39, 0.29) is 17.6 Å². The number of hydrogen-bond acceptors (Lipinski definition) is 3. The van der Waals surface area contributed by atoms with Gasteiger partial charge in [-0.05, 0) is 54.8 Å². The molecule has 162 valence electrons. The van der Waals surface area contributed by atoms with Gasteiger partial charge in [0.25, 0.3) is 0 Å². The number of nitrogens with one attached hydrogen (secondary N) is 1. The van der Waals surface area contributed by atoms with Gasteiger partial charge in [0.05, 0.1) is 12.3 Å². The second-order valence-electron chi connectivity index (χ2n) is 7.83. The van der Waals surface area contributed by atoms with Gasteiger partial charge in [-0.2, -0.15) is 5.10 Å². The van der Waals surface area contributed by atoms with E-state index in [0.29, 0.717) is 37.4 Å². The monoisotopic (exact) mass is 441 g/mol. The molecular formula is C24H25ClFN3O2. The minimum Gasteiger partial charge on any atom is -0.493 e. The SMILES string of the molecule is O=C(CCc1ccc(F)cc1)N1CCC(c2cc(CCOc3cccc(Cl)c3)[nH]n2)C1. The number of aromatic nitrogens is 2. The number of likely N-dealkylation sites (tertiary alicyclic amines) is 1. The van der Waals surface area contributed by atoms with Crippen molar-refractivity contribution in [2.24, 2.45) is 0 Å². The molecule has 7 heteroatoms. The number of carbonyl (C=O) groups excluding carboxylic acids is 1. The number of nitrogens with zero attached hydrogens (tertiary/aromatic N) is 2. The normalized spacial score (nSPS) is 15.9. The summed E-state index contributed by atoms with van der Waals surface area (Å²) in [6.45, 7) is 1.96. The number of aromatic amines is 1. The highest BCUT2D eigenvalue weighted by molar-refractivity contribution is 6.30. The van der Waals surface area contributed by atoms with E-state index < -0.39 is 0 Å². The summed E-state index contributed by atoms with van der Waals surface area (Å²) < 4.78 is 18.7. The Labute approximate surface area is 186 Å². The number of hydrogen-bond donors (Lipinski definition) is 1. The first-order valence-corrected chi connectivity index (χ1v) is 10.9. The van der Waals surface area contributed by atoms with Crippen molar-refractivity contribution in [1.29, 1.82) is 0 Å². The molecule has 0 saturated carbocycles. The fourth-order valence-electron chi connectivity index (χ4n) is 3.84. The molecule has 0 aliphatic carbocycles. The summed E-state index contributed by atoms with van der Waals surface area (Å²) in [4.78, 5) is 14.5. The number of aryl methyl sites for hydroxylation is 1. The summed E-state index contributed by atoms with van der Waals surface area (Å²) in [6, 6.07) is 15.7. The van der Waals surface area contributed by atoms with Gasteiger partial charge in [-0.25, -0.2) is 4.39 Å². The quantitative estimate of drug-likeness (QED) is 0.547. The zero-order chi connectivity index (χ0) is 21.6. The molecule has 1 amide bonds. The fraction of sp³-hybridized carbons (Fsp3) is 0.333. The van der Waals surface area contributed by atoms with Gasteiger partial charge < -0.3 is 9.64 Å². The van der Waals surface area contributed by atoms with Crippen LogP contribution in [0.3, 0.4) is 0 Å². The molecule has 1 atom stereocenters. The molecular weight excluding hydrogens is 417 g/mol. The van der Waals surface area contributed by atoms with Gasteiger partial charge in [0.1, 0.15) is 11.6 Å². The molecule has 1 unspecified atom stereocenters. The zero-order valence-electron chi connectivity index (χ0n) is 17.2. The van der Waals surface area contributed by atoms with Crippen LogP contribution >= 0.6 is 11.6 Å². The third kappa shape index (κ3) is 5.85. The predicted octanol–water partition coefficient (Wildman–Crippen LogP) is 4.77. The van der Waals surface area contributed by atoms with Crippen LogP contribution in [0.15, 0.2) is 54.6 Å². The average molecular weight is 442 g/mol. The molecule has 2 heterocycles. The second-order valence-corrected chi connectivity index (χ2v) is 8.26. The number of H-pyrrole nitrogens is 1. The third-order valence-corrected chi connectivity index (χ3v) is 5.82. The molecule has 31 heavy (non-hydrogen) atoms. The molecule has 5 nitrogen and oxygen atoms in total. The minimum atomic E-state index is -0.258. The van der Waals surface area contributed by atoms with Crippen molar-refractivity contribution < 1.29 is 13.9 Å². The molecule has 0 bridgehead atoms. The van der Waals surface area contributed by atoms with E-state index in [1.165, 1.54) is 12.1 Å². The lowest BCUT2D eigenvalue weighted by Crippen LogP contribution is -2.28. The molecule has 2 aromatic carbocycles. The lowest BCUT2D eigenvalue weighted by molar-refractivity contribution is -0.130. The maximum Gasteiger partial charge on any atom is 0.222 e. The van der Waals surface area contributed by atoms with Gasteiger partial charge in [0.15, 0.2) is 0 Å². The number of ether oxygens (including phenoxy) is 1. The molecule has 1 aliphatic heterocycles. The number of halogens is 2. The Bertz CT molecular complexity index is 1020. The van der Waals surface area contributed by atoms with E-state index in [4.69, 9.17) is 16.3 Å². The van der Waals surface area contributed by atoms with Crippen LogP contribution in [-0.2, 0) is 17.6 Å². The van der Waals surface area contributed by atoms with Crippen molar-refractivity contribution in [3.05, 3.63) is 82.4 Å². The lowest BCUT2D eigenvalue weighted by Gasteiger charge is -2.16. The van der Waals surface area contributed by atoms with Gasteiger partial charge in [-0.15, -0.1) is 0 Å². The van der Waals surface area contributed by atoms with Crippen molar-refractivity contribution in [1.82, 2.24) is 15.1 Å². The molecule has 4 rings (SSSR count). The molecule has 1 N–H and O–H groups in total. The first-order valence-electron chi connectivity index (χ1n) is 10.5. The highest BCUT2D eigenvalue weighted by atomic mass is 35.5. The number of carbonyl (C=O) groups is 1. The summed E-state index contributed by atoms with van der Waals surface area (Å²) >= 11 is 5.97. The van der Waals surface area contributed by atoms with Crippen molar-refractivity contribution in [3.8, 4) is 5.75 Å². The Kier molecular flexibility index (Phi) is 6.87. The number of benzene rings is 2. The summed E-state index contributed by atoms with van der Waals surface area (Å²) in [6.07, 6.45) is 2.68. The van der Waals surface area contributed by atoms with Crippen LogP contribution in [0, 0.1) is 5.82 Å². The maximum absolute atomic E-state index is 13.0. The van der Waals surface area contributed by atoms with Gasteiger partial charge >= 0.3 is 0 Å². The van der Waals surface area contributed by atoms with Crippen molar-refractivity contribution in [3.63, 3.8) is 0 Å². The number of rotatable bonds is 8. The summed E-state index contributed by atoms with van der Waals surface area (Å²) in [7, 11) is 0. The van der Waals surface area contributed by atoms with E-state index in [1.807, 2.05) is 23.1 Å². The summed E-state index contributed by atoms with van der Waals surface area (Å²) in [5.41, 5.74) is 2.98. The van der Waals surface area contributed by atoms with Crippen LogP contribution in [-0.4, -0.2) is 40.7 Å². The molecule has 0 spiro atoms. The molecule has 1 aromatic heterocycles. The molecule has 1 saturated heterocycles. The van der Waals surface area contributed by atoms with Crippen LogP contribution in [0.1, 0.15) is 35.7 Å². The number of amides is 1. The Morgan fingerprint density at radius 1 is 1.19 bits per heavy atom. The standard InChI is InChI=1S/C24H25ClFN3O2/c25-19-2-1-3-22(14-19)31-13-11-21-15-23(28-27-21)18-10-12-29(16-18)24(30)9-6-17-4-7-20(26)8-5-17/h1-5,7-8,14-15,18H,6,9-13,16H2,(H,27,28). The first kappa shape index (κ1) is 21.4. The molecule has 0 radical (unpaired) electrons.